The molecule has 6 nitrogen and oxygen atoms in total. The van der Waals surface area contributed by atoms with Gasteiger partial charge in [-0.25, -0.2) is 4.79 Å². The topological polar surface area (TPSA) is 83.7 Å². The number of aromatic carboxylic acids is 1. The van der Waals surface area contributed by atoms with Gasteiger partial charge in [-0.05, 0) is 24.5 Å². The summed E-state index contributed by atoms with van der Waals surface area (Å²) in [5.41, 5.74) is 0.123. The number of carbonyl (C=O) groups is 1. The van der Waals surface area contributed by atoms with Crippen molar-refractivity contribution in [2.24, 2.45) is 5.92 Å². The number of nitro groups is 1. The highest BCUT2D eigenvalue weighted by Crippen LogP contribution is 2.30. The number of benzene rings is 1. The fourth-order valence-electron chi connectivity index (χ4n) is 2.45. The minimum absolute atomic E-state index is 0.264. The predicted molar refractivity (Wildman–Crippen MR) is 70.7 cm³/mol. The zero-order valence-electron chi connectivity index (χ0n) is 10.7. The lowest BCUT2D eigenvalue weighted by molar-refractivity contribution is -0.385. The molecule has 1 unspecified atom stereocenters. The molecule has 0 saturated carbocycles. The Labute approximate surface area is 110 Å². The van der Waals surface area contributed by atoms with E-state index >= 15 is 0 Å². The summed E-state index contributed by atoms with van der Waals surface area (Å²) in [7, 11) is 0. The molecule has 0 aromatic heterocycles. The molecule has 2 rings (SSSR count). The molecule has 0 radical (unpaired) electrons. The smallest absolute Gasteiger partial charge is 0.342 e. The normalized spacial score (nSPS) is 18.6. The number of hydrogen-bond acceptors (Lipinski definition) is 4. The molecule has 1 heterocycles. The van der Waals surface area contributed by atoms with Gasteiger partial charge in [-0.2, -0.15) is 0 Å². The SMILES string of the molecule is CCC1CCN(c2ccc(C(=O)O)c([N+](=O)[O-])c2)C1. The molecule has 0 bridgehead atoms. The van der Waals surface area contributed by atoms with E-state index in [1.165, 1.54) is 12.1 Å². The lowest BCUT2D eigenvalue weighted by atomic mass is 10.1. The Bertz CT molecular complexity index is 515. The van der Waals surface area contributed by atoms with E-state index in [1.807, 2.05) is 0 Å². The first kappa shape index (κ1) is 13.3. The van der Waals surface area contributed by atoms with Gasteiger partial charge in [-0.15, -0.1) is 0 Å². The van der Waals surface area contributed by atoms with Crippen molar-refractivity contribution in [1.82, 2.24) is 0 Å². The summed E-state index contributed by atoms with van der Waals surface area (Å²) in [6.07, 6.45) is 2.16. The van der Waals surface area contributed by atoms with Gasteiger partial charge in [0.1, 0.15) is 5.56 Å². The largest absolute Gasteiger partial charge is 0.477 e. The first-order valence-electron chi connectivity index (χ1n) is 6.29. The molecule has 6 heteroatoms. The molecule has 1 atom stereocenters. The van der Waals surface area contributed by atoms with Crippen molar-refractivity contribution in [3.8, 4) is 0 Å². The molecule has 1 saturated heterocycles. The number of rotatable bonds is 4. The van der Waals surface area contributed by atoms with Crippen LogP contribution in [0.15, 0.2) is 18.2 Å². The van der Waals surface area contributed by atoms with Gasteiger partial charge in [0.2, 0.25) is 0 Å². The maximum atomic E-state index is 10.9. The van der Waals surface area contributed by atoms with Crippen LogP contribution in [0.5, 0.6) is 0 Å². The first-order valence-corrected chi connectivity index (χ1v) is 6.29. The molecule has 102 valence electrons. The lowest BCUT2D eigenvalue weighted by Crippen LogP contribution is -2.19. The van der Waals surface area contributed by atoms with Gasteiger partial charge in [0, 0.05) is 24.8 Å². The Morgan fingerprint density at radius 3 is 2.84 bits per heavy atom. The highest BCUT2D eigenvalue weighted by Gasteiger charge is 2.25. The Morgan fingerprint density at radius 2 is 2.32 bits per heavy atom. The Balaban J connectivity index is 2.31. The summed E-state index contributed by atoms with van der Waals surface area (Å²) in [4.78, 5) is 23.3. The van der Waals surface area contributed by atoms with Crippen LogP contribution in [0.3, 0.4) is 0 Å². The van der Waals surface area contributed by atoms with Crippen molar-refractivity contribution in [3.63, 3.8) is 0 Å². The third-order valence-electron chi connectivity index (χ3n) is 3.64. The number of nitrogens with zero attached hydrogens (tertiary/aromatic N) is 2. The molecule has 1 aromatic rings. The van der Waals surface area contributed by atoms with Gasteiger partial charge in [0.15, 0.2) is 0 Å². The van der Waals surface area contributed by atoms with Crippen molar-refractivity contribution < 1.29 is 14.8 Å². The van der Waals surface area contributed by atoms with Crippen LogP contribution in [-0.4, -0.2) is 29.1 Å². The van der Waals surface area contributed by atoms with Gasteiger partial charge >= 0.3 is 5.97 Å². The molecule has 0 amide bonds. The van der Waals surface area contributed by atoms with Crippen LogP contribution in [0.1, 0.15) is 30.1 Å². The number of anilines is 1. The molecule has 19 heavy (non-hydrogen) atoms. The molecule has 1 fully saturated rings. The van der Waals surface area contributed by atoms with Crippen molar-refractivity contribution in [2.75, 3.05) is 18.0 Å². The summed E-state index contributed by atoms with van der Waals surface area (Å²) < 4.78 is 0. The van der Waals surface area contributed by atoms with Gasteiger partial charge in [0.05, 0.1) is 4.92 Å². The van der Waals surface area contributed by atoms with Crippen LogP contribution in [0, 0.1) is 16.0 Å². The van der Waals surface area contributed by atoms with Crippen molar-refractivity contribution in [2.45, 2.75) is 19.8 Å². The molecule has 0 aliphatic carbocycles. The van der Waals surface area contributed by atoms with Crippen molar-refractivity contribution in [1.29, 1.82) is 0 Å². The summed E-state index contributed by atoms with van der Waals surface area (Å²) in [6, 6.07) is 4.32. The number of hydrogen-bond donors (Lipinski definition) is 1. The van der Waals surface area contributed by atoms with E-state index in [-0.39, 0.29) is 11.3 Å². The number of nitro benzene ring substituents is 1. The number of carboxylic acid groups (broad SMARTS) is 1. The third-order valence-corrected chi connectivity index (χ3v) is 3.64. The highest BCUT2D eigenvalue weighted by molar-refractivity contribution is 5.93. The van der Waals surface area contributed by atoms with Crippen molar-refractivity contribution in [3.05, 3.63) is 33.9 Å². The zero-order chi connectivity index (χ0) is 14.0. The standard InChI is InChI=1S/C13H16N2O4/c1-2-9-5-6-14(8-9)10-3-4-11(13(16)17)12(7-10)15(18)19/h3-4,7,9H,2,5-6,8H2,1H3,(H,16,17). The molecular formula is C13H16N2O4. The van der Waals surface area contributed by atoms with Crippen LogP contribution in [0.25, 0.3) is 0 Å². The van der Waals surface area contributed by atoms with Gasteiger partial charge in [-0.3, -0.25) is 10.1 Å². The average molecular weight is 264 g/mol. The summed E-state index contributed by atoms with van der Waals surface area (Å²) >= 11 is 0. The molecule has 1 aliphatic rings. The number of carboxylic acids is 1. The second kappa shape index (κ2) is 5.26. The summed E-state index contributed by atoms with van der Waals surface area (Å²) in [5, 5.41) is 19.9. The highest BCUT2D eigenvalue weighted by atomic mass is 16.6. The maximum absolute atomic E-state index is 10.9. The molecule has 1 aromatic carbocycles. The van der Waals surface area contributed by atoms with E-state index < -0.39 is 10.9 Å². The average Bonchev–Trinajstić information content (AvgIpc) is 2.86. The second-order valence-corrected chi connectivity index (χ2v) is 4.77. The molecule has 1 aliphatic heterocycles. The van der Waals surface area contributed by atoms with Gasteiger partial charge in [0.25, 0.3) is 5.69 Å². The third kappa shape index (κ3) is 2.67. The van der Waals surface area contributed by atoms with Gasteiger partial charge < -0.3 is 10.0 Å². The Hall–Kier alpha value is -2.11. The minimum Gasteiger partial charge on any atom is -0.477 e. The monoisotopic (exact) mass is 264 g/mol. The molecular weight excluding hydrogens is 248 g/mol. The van der Waals surface area contributed by atoms with Crippen LogP contribution in [0.2, 0.25) is 0 Å². The fraction of sp³-hybridized carbons (Fsp3) is 0.462. The summed E-state index contributed by atoms with van der Waals surface area (Å²) in [5.74, 6) is -0.663. The Morgan fingerprint density at radius 1 is 1.58 bits per heavy atom. The van der Waals surface area contributed by atoms with Crippen molar-refractivity contribution >= 4 is 17.3 Å². The van der Waals surface area contributed by atoms with Crippen LogP contribution in [-0.2, 0) is 0 Å². The van der Waals surface area contributed by atoms with Crippen LogP contribution >= 0.6 is 0 Å². The van der Waals surface area contributed by atoms with Crippen LogP contribution < -0.4 is 4.90 Å². The minimum atomic E-state index is -1.27. The van der Waals surface area contributed by atoms with Gasteiger partial charge in [-0.1, -0.05) is 13.3 Å². The van der Waals surface area contributed by atoms with E-state index in [4.69, 9.17) is 5.11 Å². The quantitative estimate of drug-likeness (QED) is 0.667. The van der Waals surface area contributed by atoms with Crippen LogP contribution in [0.4, 0.5) is 11.4 Å². The fourth-order valence-corrected chi connectivity index (χ4v) is 2.45. The first-order chi connectivity index (χ1) is 9.02. The molecule has 0 spiro atoms. The zero-order valence-corrected chi connectivity index (χ0v) is 10.7. The molecule has 1 N–H and O–H groups in total. The van der Waals surface area contributed by atoms with E-state index in [0.29, 0.717) is 5.92 Å². The van der Waals surface area contributed by atoms with E-state index in [9.17, 15) is 14.9 Å². The van der Waals surface area contributed by atoms with E-state index in [2.05, 4.69) is 11.8 Å². The summed E-state index contributed by atoms with van der Waals surface area (Å²) in [6.45, 7) is 3.87. The van der Waals surface area contributed by atoms with E-state index in [0.717, 1.165) is 31.6 Å². The Kier molecular flexibility index (Phi) is 3.69. The lowest BCUT2D eigenvalue weighted by Gasteiger charge is -2.18. The van der Waals surface area contributed by atoms with E-state index in [1.54, 1.807) is 6.07 Å². The second-order valence-electron chi connectivity index (χ2n) is 4.77. The maximum Gasteiger partial charge on any atom is 0.342 e. The predicted octanol–water partition coefficient (Wildman–Crippen LogP) is 2.53.